The van der Waals surface area contributed by atoms with Gasteiger partial charge in [0.15, 0.2) is 5.69 Å². The van der Waals surface area contributed by atoms with Gasteiger partial charge in [-0.05, 0) is 60.4 Å². The molecule has 0 saturated carbocycles. The van der Waals surface area contributed by atoms with Crippen LogP contribution in [0.5, 0.6) is 0 Å². The minimum Gasteiger partial charge on any atom is -0.198 e. The number of aryl methyl sites for hydroxylation is 3. The van der Waals surface area contributed by atoms with Gasteiger partial charge in [-0.25, -0.2) is 0 Å². The Labute approximate surface area is 152 Å². The van der Waals surface area contributed by atoms with Gasteiger partial charge in [-0.2, -0.15) is 4.57 Å². The number of fused-ring (bicyclic) bond motifs is 1. The number of rotatable bonds is 1. The third-order valence-corrected chi connectivity index (χ3v) is 5.48. The first kappa shape index (κ1) is 17.7. The molecule has 0 aliphatic carbocycles. The summed E-state index contributed by atoms with van der Waals surface area (Å²) in [6, 6.07) is 13.8. The molecule has 1 nitrogen and oxygen atoms in total. The number of pyridine rings is 1. The highest BCUT2D eigenvalue weighted by molar-refractivity contribution is 5.94. The zero-order valence-corrected chi connectivity index (χ0v) is 16.9. The SMILES string of the molecule is Cc1ccc2c(-c3cc(C(C)(C)C)cc(C)c3C)[n+](C)c(C)cc2c1. The minimum absolute atomic E-state index is 0.141. The third-order valence-electron chi connectivity index (χ3n) is 5.48. The van der Waals surface area contributed by atoms with E-state index in [1.165, 1.54) is 50.0 Å². The number of nitrogens with zero attached hydrogens (tertiary/aromatic N) is 1. The Hall–Kier alpha value is -2.15. The lowest BCUT2D eigenvalue weighted by Gasteiger charge is -2.22. The maximum Gasteiger partial charge on any atom is 0.220 e. The van der Waals surface area contributed by atoms with Crippen molar-refractivity contribution in [2.75, 3.05) is 0 Å². The van der Waals surface area contributed by atoms with Crippen molar-refractivity contribution in [2.45, 2.75) is 53.9 Å². The van der Waals surface area contributed by atoms with Gasteiger partial charge < -0.3 is 0 Å². The van der Waals surface area contributed by atoms with Crippen LogP contribution in [0.1, 0.15) is 48.7 Å². The molecule has 2 aromatic carbocycles. The lowest BCUT2D eigenvalue weighted by atomic mass is 9.82. The molecular weight excluding hydrogens is 302 g/mol. The fraction of sp³-hybridized carbons (Fsp3) is 0.375. The molecule has 0 atom stereocenters. The molecule has 1 aromatic heterocycles. The van der Waals surface area contributed by atoms with Crippen molar-refractivity contribution < 1.29 is 4.57 Å². The van der Waals surface area contributed by atoms with Crippen molar-refractivity contribution in [3.63, 3.8) is 0 Å². The summed E-state index contributed by atoms with van der Waals surface area (Å²) < 4.78 is 2.34. The summed E-state index contributed by atoms with van der Waals surface area (Å²) in [5, 5.41) is 2.65. The highest BCUT2D eigenvalue weighted by Gasteiger charge is 2.23. The van der Waals surface area contributed by atoms with Gasteiger partial charge in [0.1, 0.15) is 7.05 Å². The van der Waals surface area contributed by atoms with Gasteiger partial charge in [0.2, 0.25) is 5.69 Å². The fourth-order valence-corrected chi connectivity index (χ4v) is 3.56. The van der Waals surface area contributed by atoms with Crippen molar-refractivity contribution in [1.29, 1.82) is 0 Å². The molecule has 0 unspecified atom stereocenters. The summed E-state index contributed by atoms with van der Waals surface area (Å²) >= 11 is 0. The van der Waals surface area contributed by atoms with Crippen LogP contribution in [-0.4, -0.2) is 0 Å². The van der Waals surface area contributed by atoms with E-state index in [9.17, 15) is 0 Å². The van der Waals surface area contributed by atoms with Crippen LogP contribution in [0.2, 0.25) is 0 Å². The Morgan fingerprint density at radius 2 is 1.52 bits per heavy atom. The number of benzene rings is 2. The Balaban J connectivity index is 2.44. The van der Waals surface area contributed by atoms with Crippen LogP contribution < -0.4 is 4.57 Å². The number of aromatic nitrogens is 1. The molecule has 25 heavy (non-hydrogen) atoms. The Morgan fingerprint density at radius 1 is 0.840 bits per heavy atom. The molecule has 130 valence electrons. The van der Waals surface area contributed by atoms with E-state index in [0.29, 0.717) is 0 Å². The maximum atomic E-state index is 2.40. The lowest BCUT2D eigenvalue weighted by Crippen LogP contribution is -2.35. The van der Waals surface area contributed by atoms with Gasteiger partial charge >= 0.3 is 0 Å². The topological polar surface area (TPSA) is 3.88 Å². The normalized spacial score (nSPS) is 12.0. The van der Waals surface area contributed by atoms with E-state index in [2.05, 4.69) is 96.5 Å². The predicted molar refractivity (Wildman–Crippen MR) is 108 cm³/mol. The van der Waals surface area contributed by atoms with E-state index in [-0.39, 0.29) is 5.41 Å². The van der Waals surface area contributed by atoms with E-state index in [1.807, 2.05) is 0 Å². The summed E-state index contributed by atoms with van der Waals surface area (Å²) in [6.07, 6.45) is 0. The van der Waals surface area contributed by atoms with E-state index >= 15 is 0 Å². The smallest absolute Gasteiger partial charge is 0.198 e. The summed E-state index contributed by atoms with van der Waals surface area (Å²) in [6.45, 7) is 15.7. The molecule has 0 radical (unpaired) electrons. The van der Waals surface area contributed by atoms with E-state index in [4.69, 9.17) is 0 Å². The summed E-state index contributed by atoms with van der Waals surface area (Å²) in [7, 11) is 2.18. The van der Waals surface area contributed by atoms with Crippen molar-refractivity contribution in [3.8, 4) is 11.3 Å². The van der Waals surface area contributed by atoms with Gasteiger partial charge in [0.25, 0.3) is 0 Å². The molecule has 1 heteroatoms. The molecule has 0 aliphatic heterocycles. The van der Waals surface area contributed by atoms with Crippen molar-refractivity contribution >= 4 is 10.8 Å². The molecule has 0 amide bonds. The van der Waals surface area contributed by atoms with E-state index in [0.717, 1.165) is 0 Å². The van der Waals surface area contributed by atoms with Crippen LogP contribution >= 0.6 is 0 Å². The highest BCUT2D eigenvalue weighted by Crippen LogP contribution is 2.34. The Morgan fingerprint density at radius 3 is 2.16 bits per heavy atom. The standard InChI is InChI=1S/C24H30N/c1-15-9-10-21-19(11-15)13-17(3)25(8)23(21)22-14-20(24(5,6)7)12-16(2)18(22)4/h9-14H,1-8H3/q+1. The zero-order chi connectivity index (χ0) is 18.5. The maximum absolute atomic E-state index is 2.40. The highest BCUT2D eigenvalue weighted by atomic mass is 14.9. The molecule has 0 spiro atoms. The van der Waals surface area contributed by atoms with E-state index < -0.39 is 0 Å². The van der Waals surface area contributed by atoms with Crippen LogP contribution in [0.3, 0.4) is 0 Å². The summed E-state index contributed by atoms with van der Waals surface area (Å²) in [5.41, 5.74) is 9.54. The number of hydrogen-bond donors (Lipinski definition) is 0. The quantitative estimate of drug-likeness (QED) is 0.491. The van der Waals surface area contributed by atoms with Crippen molar-refractivity contribution in [1.82, 2.24) is 0 Å². The second-order valence-electron chi connectivity index (χ2n) is 8.50. The monoisotopic (exact) mass is 332 g/mol. The summed E-state index contributed by atoms with van der Waals surface area (Å²) in [5.74, 6) is 0. The van der Waals surface area contributed by atoms with Gasteiger partial charge in [0, 0.05) is 13.0 Å². The largest absolute Gasteiger partial charge is 0.220 e. The average molecular weight is 333 g/mol. The molecule has 1 heterocycles. The Bertz CT molecular complexity index is 972. The van der Waals surface area contributed by atoms with Crippen molar-refractivity contribution in [2.24, 2.45) is 7.05 Å². The third kappa shape index (κ3) is 3.08. The molecule has 0 fully saturated rings. The molecule has 0 N–H and O–H groups in total. The summed E-state index contributed by atoms with van der Waals surface area (Å²) in [4.78, 5) is 0. The average Bonchev–Trinajstić information content (AvgIpc) is 2.51. The number of hydrogen-bond acceptors (Lipinski definition) is 0. The second kappa shape index (κ2) is 5.98. The zero-order valence-electron chi connectivity index (χ0n) is 16.9. The first-order valence-corrected chi connectivity index (χ1v) is 9.11. The molecule has 3 rings (SSSR count). The minimum atomic E-state index is 0.141. The lowest BCUT2D eigenvalue weighted by molar-refractivity contribution is -0.665. The van der Waals surface area contributed by atoms with Crippen LogP contribution in [0.15, 0.2) is 36.4 Å². The Kier molecular flexibility index (Phi) is 4.23. The molecule has 0 bridgehead atoms. The molecule has 3 aromatic rings. The molecule has 0 aliphatic rings. The predicted octanol–water partition coefficient (Wildman–Crippen LogP) is 5.86. The first-order chi connectivity index (χ1) is 11.6. The molecule has 0 saturated heterocycles. The second-order valence-corrected chi connectivity index (χ2v) is 8.50. The van der Waals surface area contributed by atoms with Gasteiger partial charge in [-0.15, -0.1) is 0 Å². The fourth-order valence-electron chi connectivity index (χ4n) is 3.56. The van der Waals surface area contributed by atoms with Crippen LogP contribution in [-0.2, 0) is 12.5 Å². The van der Waals surface area contributed by atoms with Crippen LogP contribution in [0, 0.1) is 27.7 Å². The van der Waals surface area contributed by atoms with E-state index in [1.54, 1.807) is 0 Å². The van der Waals surface area contributed by atoms with Gasteiger partial charge in [0.05, 0.1) is 10.9 Å². The first-order valence-electron chi connectivity index (χ1n) is 9.11. The van der Waals surface area contributed by atoms with Gasteiger partial charge in [-0.1, -0.05) is 44.5 Å². The van der Waals surface area contributed by atoms with Crippen LogP contribution in [0.4, 0.5) is 0 Å². The van der Waals surface area contributed by atoms with Crippen molar-refractivity contribution in [3.05, 3.63) is 64.3 Å². The van der Waals surface area contributed by atoms with Gasteiger partial charge in [-0.3, -0.25) is 0 Å². The molecular formula is C24H30N+. The van der Waals surface area contributed by atoms with Crippen LogP contribution in [0.25, 0.3) is 22.0 Å².